The van der Waals surface area contributed by atoms with E-state index in [9.17, 15) is 4.39 Å². The summed E-state index contributed by atoms with van der Waals surface area (Å²) in [5.41, 5.74) is 0. The summed E-state index contributed by atoms with van der Waals surface area (Å²) in [5.74, 6) is 1.38. The first-order valence-electron chi connectivity index (χ1n) is 3.78. The Balaban J connectivity index is 2.46. The van der Waals surface area contributed by atoms with Crippen molar-refractivity contribution in [2.45, 2.75) is 11.3 Å². The molecule has 0 saturated carbocycles. The van der Waals surface area contributed by atoms with Crippen molar-refractivity contribution in [1.82, 2.24) is 0 Å². The SMILES string of the molecule is Fc1ccccc1SCCCCl. The molecule has 1 aromatic carbocycles. The second-order valence-electron chi connectivity index (χ2n) is 2.32. The normalized spacial score (nSPS) is 10.2. The maximum Gasteiger partial charge on any atom is 0.136 e. The number of rotatable bonds is 4. The highest BCUT2D eigenvalue weighted by Crippen LogP contribution is 2.21. The lowest BCUT2D eigenvalue weighted by Gasteiger charge is -2.00. The molecule has 1 rings (SSSR count). The molecule has 3 heteroatoms. The Morgan fingerprint density at radius 1 is 1.33 bits per heavy atom. The summed E-state index contributed by atoms with van der Waals surface area (Å²) >= 11 is 7.01. The lowest BCUT2D eigenvalue weighted by Crippen LogP contribution is -1.83. The Labute approximate surface area is 81.1 Å². The van der Waals surface area contributed by atoms with E-state index < -0.39 is 0 Å². The Kier molecular flexibility index (Phi) is 4.48. The molecule has 0 unspecified atom stereocenters. The zero-order chi connectivity index (χ0) is 8.81. The Bertz CT molecular complexity index is 240. The van der Waals surface area contributed by atoms with E-state index in [1.54, 1.807) is 12.1 Å². The molecule has 12 heavy (non-hydrogen) atoms. The molecule has 0 bridgehead atoms. The van der Waals surface area contributed by atoms with Gasteiger partial charge in [0.25, 0.3) is 0 Å². The smallest absolute Gasteiger partial charge is 0.136 e. The van der Waals surface area contributed by atoms with Crippen molar-refractivity contribution in [3.8, 4) is 0 Å². The van der Waals surface area contributed by atoms with E-state index in [-0.39, 0.29) is 5.82 Å². The first-order chi connectivity index (χ1) is 5.84. The van der Waals surface area contributed by atoms with E-state index in [4.69, 9.17) is 11.6 Å². The van der Waals surface area contributed by atoms with E-state index in [0.29, 0.717) is 10.8 Å². The summed E-state index contributed by atoms with van der Waals surface area (Å²) in [4.78, 5) is 0.711. The van der Waals surface area contributed by atoms with Crippen LogP contribution in [0.25, 0.3) is 0 Å². The summed E-state index contributed by atoms with van der Waals surface area (Å²) in [5, 5.41) is 0. The van der Waals surface area contributed by atoms with Crippen LogP contribution in [-0.2, 0) is 0 Å². The highest BCUT2D eigenvalue weighted by Gasteiger charge is 1.99. The van der Waals surface area contributed by atoms with E-state index in [0.717, 1.165) is 12.2 Å². The number of halogens is 2. The Morgan fingerprint density at radius 3 is 2.75 bits per heavy atom. The van der Waals surface area contributed by atoms with E-state index in [2.05, 4.69) is 0 Å². The van der Waals surface area contributed by atoms with Crippen LogP contribution in [0.15, 0.2) is 29.2 Å². The van der Waals surface area contributed by atoms with Crippen molar-refractivity contribution >= 4 is 23.4 Å². The summed E-state index contributed by atoms with van der Waals surface area (Å²) in [6.07, 6.45) is 0.917. The lowest BCUT2D eigenvalue weighted by molar-refractivity contribution is 0.602. The summed E-state index contributed by atoms with van der Waals surface area (Å²) in [7, 11) is 0. The van der Waals surface area contributed by atoms with Gasteiger partial charge in [-0.1, -0.05) is 12.1 Å². The first kappa shape index (κ1) is 9.87. The molecule has 1 aromatic rings. The van der Waals surface area contributed by atoms with Crippen LogP contribution in [0.2, 0.25) is 0 Å². The predicted octanol–water partition coefficient (Wildman–Crippen LogP) is 3.55. The number of thioether (sulfide) groups is 1. The Morgan fingerprint density at radius 2 is 2.08 bits per heavy atom. The molecule has 0 saturated heterocycles. The lowest BCUT2D eigenvalue weighted by atomic mass is 10.3. The van der Waals surface area contributed by atoms with Gasteiger partial charge in [0, 0.05) is 10.8 Å². The molecule has 0 aliphatic heterocycles. The van der Waals surface area contributed by atoms with Gasteiger partial charge in [-0.2, -0.15) is 0 Å². The quantitative estimate of drug-likeness (QED) is 0.411. The first-order valence-corrected chi connectivity index (χ1v) is 5.30. The van der Waals surface area contributed by atoms with Crippen LogP contribution in [-0.4, -0.2) is 11.6 Å². The molecule has 0 N–H and O–H groups in total. The van der Waals surface area contributed by atoms with Crippen LogP contribution in [0, 0.1) is 5.82 Å². The van der Waals surface area contributed by atoms with Gasteiger partial charge in [-0.25, -0.2) is 4.39 Å². The molecule has 0 amide bonds. The van der Waals surface area contributed by atoms with Crippen molar-refractivity contribution < 1.29 is 4.39 Å². The number of alkyl halides is 1. The molecule has 0 aliphatic rings. The van der Waals surface area contributed by atoms with Gasteiger partial charge in [0.15, 0.2) is 0 Å². The van der Waals surface area contributed by atoms with Crippen LogP contribution in [0.5, 0.6) is 0 Å². The zero-order valence-electron chi connectivity index (χ0n) is 6.59. The molecule has 0 spiro atoms. The third kappa shape index (κ3) is 3.03. The van der Waals surface area contributed by atoms with Crippen LogP contribution < -0.4 is 0 Å². The minimum absolute atomic E-state index is 0.142. The average Bonchev–Trinajstić information content (AvgIpc) is 2.09. The van der Waals surface area contributed by atoms with Gasteiger partial charge in [0.2, 0.25) is 0 Å². The maximum atomic E-state index is 13.0. The third-order valence-electron chi connectivity index (χ3n) is 1.37. The molecule has 0 atom stereocenters. The predicted molar refractivity (Wildman–Crippen MR) is 52.5 cm³/mol. The van der Waals surface area contributed by atoms with E-state index in [1.807, 2.05) is 6.07 Å². The fraction of sp³-hybridized carbons (Fsp3) is 0.333. The van der Waals surface area contributed by atoms with Gasteiger partial charge >= 0.3 is 0 Å². The summed E-state index contributed by atoms with van der Waals surface area (Å²) in [6.45, 7) is 0. The zero-order valence-corrected chi connectivity index (χ0v) is 8.17. The number of hydrogen-bond acceptors (Lipinski definition) is 1. The monoisotopic (exact) mass is 204 g/mol. The number of hydrogen-bond donors (Lipinski definition) is 0. The molecular weight excluding hydrogens is 195 g/mol. The van der Waals surface area contributed by atoms with Gasteiger partial charge in [0.05, 0.1) is 0 Å². The van der Waals surface area contributed by atoms with Crippen molar-refractivity contribution in [2.24, 2.45) is 0 Å². The summed E-state index contributed by atoms with van der Waals surface area (Å²) in [6, 6.07) is 6.80. The van der Waals surface area contributed by atoms with Gasteiger partial charge < -0.3 is 0 Å². The molecule has 66 valence electrons. The van der Waals surface area contributed by atoms with Crippen molar-refractivity contribution in [3.05, 3.63) is 30.1 Å². The van der Waals surface area contributed by atoms with Crippen molar-refractivity contribution in [2.75, 3.05) is 11.6 Å². The Hall–Kier alpha value is -0.210. The second kappa shape index (κ2) is 5.44. The fourth-order valence-corrected chi connectivity index (χ4v) is 1.98. The molecule has 0 fully saturated rings. The third-order valence-corrected chi connectivity index (χ3v) is 2.77. The molecule has 0 radical (unpaired) electrons. The van der Waals surface area contributed by atoms with Gasteiger partial charge in [-0.3, -0.25) is 0 Å². The maximum absolute atomic E-state index is 13.0. The minimum Gasteiger partial charge on any atom is -0.206 e. The molecule has 0 aliphatic carbocycles. The van der Waals surface area contributed by atoms with Crippen LogP contribution in [0.4, 0.5) is 4.39 Å². The van der Waals surface area contributed by atoms with Crippen LogP contribution in [0.3, 0.4) is 0 Å². The second-order valence-corrected chi connectivity index (χ2v) is 3.84. The highest BCUT2D eigenvalue weighted by atomic mass is 35.5. The van der Waals surface area contributed by atoms with Gasteiger partial charge in [-0.15, -0.1) is 23.4 Å². The van der Waals surface area contributed by atoms with Crippen molar-refractivity contribution in [1.29, 1.82) is 0 Å². The topological polar surface area (TPSA) is 0 Å². The average molecular weight is 205 g/mol. The van der Waals surface area contributed by atoms with Gasteiger partial charge in [-0.05, 0) is 24.3 Å². The standard InChI is InChI=1S/C9H10ClFS/c10-6-3-7-12-9-5-2-1-4-8(9)11/h1-2,4-5H,3,6-7H2. The van der Waals surface area contributed by atoms with E-state index in [1.165, 1.54) is 17.8 Å². The summed E-state index contributed by atoms with van der Waals surface area (Å²) < 4.78 is 13.0. The molecule has 0 heterocycles. The number of benzene rings is 1. The highest BCUT2D eigenvalue weighted by molar-refractivity contribution is 7.99. The van der Waals surface area contributed by atoms with Gasteiger partial charge in [0.1, 0.15) is 5.82 Å². The molecule has 0 aromatic heterocycles. The van der Waals surface area contributed by atoms with Crippen LogP contribution >= 0.6 is 23.4 Å². The minimum atomic E-state index is -0.142. The molecular formula is C9H10ClFS. The van der Waals surface area contributed by atoms with E-state index >= 15 is 0 Å². The molecule has 0 nitrogen and oxygen atoms in total. The largest absolute Gasteiger partial charge is 0.206 e. The van der Waals surface area contributed by atoms with Crippen LogP contribution in [0.1, 0.15) is 6.42 Å². The van der Waals surface area contributed by atoms with Crippen molar-refractivity contribution in [3.63, 3.8) is 0 Å². The fourth-order valence-electron chi connectivity index (χ4n) is 0.798.